The van der Waals surface area contributed by atoms with Gasteiger partial charge in [0.05, 0.1) is 18.6 Å². The summed E-state index contributed by atoms with van der Waals surface area (Å²) in [4.78, 5) is 54.2. The number of rotatable bonds is 0. The van der Waals surface area contributed by atoms with E-state index in [4.69, 9.17) is 0 Å². The summed E-state index contributed by atoms with van der Waals surface area (Å²) in [5.74, 6) is -1.17. The van der Waals surface area contributed by atoms with E-state index in [1.54, 1.807) is 0 Å². The Hall–Kier alpha value is -4.95. The molecule has 0 saturated heterocycles. The van der Waals surface area contributed by atoms with Crippen molar-refractivity contribution in [2.75, 3.05) is 0 Å². The summed E-state index contributed by atoms with van der Waals surface area (Å²) >= 11 is 0. The Morgan fingerprint density at radius 3 is 1.00 bits per heavy atom. The van der Waals surface area contributed by atoms with Gasteiger partial charge in [-0.2, -0.15) is 0 Å². The molecule has 6 rings (SSSR count). The molecule has 0 N–H and O–H groups in total. The van der Waals surface area contributed by atoms with Crippen LogP contribution in [0.25, 0.3) is 0 Å². The second kappa shape index (κ2) is 7.97. The van der Waals surface area contributed by atoms with Crippen LogP contribution in [-0.2, 0) is 0 Å². The number of hydrogen-bond acceptors (Lipinski definition) is 12. The summed E-state index contributed by atoms with van der Waals surface area (Å²) in [6.45, 7) is 0. The first-order valence-electron chi connectivity index (χ1n) is 7.91. The van der Waals surface area contributed by atoms with Crippen molar-refractivity contribution in [2.24, 2.45) is 30.7 Å². The minimum absolute atomic E-state index is 0.287. The van der Waals surface area contributed by atoms with Gasteiger partial charge < -0.3 is 0 Å². The number of azo groups is 3. The van der Waals surface area contributed by atoms with Crippen molar-refractivity contribution in [3.05, 3.63) is 54.7 Å². The van der Waals surface area contributed by atoms with Crippen LogP contribution in [0.4, 0.5) is 17.1 Å². The standard InChI is InChI=1S/3C5H2N4O/c3*10-5-4-3(8-9-5)1-6-2-7-4/h3*1-2H. The summed E-state index contributed by atoms with van der Waals surface area (Å²) < 4.78 is 0. The number of hydrogen-bond donors (Lipinski definition) is 0. The maximum Gasteiger partial charge on any atom is 0.316 e. The first-order chi connectivity index (χ1) is 14.6. The lowest BCUT2D eigenvalue weighted by Gasteiger charge is -1.86. The second-order valence-electron chi connectivity index (χ2n) is 5.29. The van der Waals surface area contributed by atoms with Crippen LogP contribution >= 0.6 is 0 Å². The zero-order chi connectivity index (χ0) is 20.9. The van der Waals surface area contributed by atoms with E-state index in [9.17, 15) is 14.4 Å². The highest BCUT2D eigenvalue weighted by Gasteiger charge is 2.19. The zero-order valence-electron chi connectivity index (χ0n) is 14.6. The smallest absolute Gasteiger partial charge is 0.263 e. The lowest BCUT2D eigenvalue weighted by molar-refractivity contribution is 0.0990. The molecule has 3 aromatic rings. The van der Waals surface area contributed by atoms with Gasteiger partial charge in [0.1, 0.15) is 36.0 Å². The molecule has 0 atom stereocenters. The Bertz CT molecular complexity index is 1110. The Labute approximate surface area is 165 Å². The van der Waals surface area contributed by atoms with Gasteiger partial charge in [0, 0.05) is 0 Å². The zero-order valence-corrected chi connectivity index (χ0v) is 14.6. The monoisotopic (exact) mass is 402 g/mol. The number of amides is 3. The Kier molecular flexibility index (Phi) is 4.89. The van der Waals surface area contributed by atoms with Crippen LogP contribution in [0.15, 0.2) is 68.3 Å². The molecule has 3 aliphatic heterocycles. The number of nitrogens with zero attached hydrogens (tertiary/aromatic N) is 12. The molecule has 3 aromatic heterocycles. The maximum absolute atomic E-state index is 10.7. The summed E-state index contributed by atoms with van der Waals surface area (Å²) in [5.41, 5.74) is 2.22. The molecule has 0 aliphatic carbocycles. The van der Waals surface area contributed by atoms with E-state index >= 15 is 0 Å². The van der Waals surface area contributed by atoms with E-state index in [1.165, 1.54) is 37.6 Å². The SMILES string of the molecule is O=C1N=Nc2cncnc21.O=C1N=Nc2cncnc21.O=C1N=Nc2cncnc21. The first-order valence-corrected chi connectivity index (χ1v) is 7.91. The normalized spacial score (nSPS) is 13.8. The highest BCUT2D eigenvalue weighted by atomic mass is 16.2. The van der Waals surface area contributed by atoms with Gasteiger partial charge in [-0.3, -0.25) is 14.4 Å². The number of aromatic nitrogens is 6. The fourth-order valence-electron chi connectivity index (χ4n) is 2.12. The lowest BCUT2D eigenvalue weighted by atomic mass is 10.4. The van der Waals surface area contributed by atoms with Gasteiger partial charge in [-0.25, -0.2) is 29.9 Å². The van der Waals surface area contributed by atoms with E-state index in [0.29, 0.717) is 17.1 Å². The third-order valence-corrected chi connectivity index (χ3v) is 3.43. The van der Waals surface area contributed by atoms with Crippen LogP contribution < -0.4 is 0 Å². The molecule has 15 nitrogen and oxygen atoms in total. The van der Waals surface area contributed by atoms with Crippen molar-refractivity contribution in [1.29, 1.82) is 0 Å². The highest BCUT2D eigenvalue weighted by Crippen LogP contribution is 2.23. The molecule has 3 aliphatic rings. The quantitative estimate of drug-likeness (QED) is 0.539. The Balaban J connectivity index is 0.000000109. The third kappa shape index (κ3) is 3.70. The molecule has 0 radical (unpaired) electrons. The molecule has 0 spiro atoms. The largest absolute Gasteiger partial charge is 0.316 e. The maximum atomic E-state index is 10.7. The molecule has 144 valence electrons. The van der Waals surface area contributed by atoms with Crippen molar-refractivity contribution in [2.45, 2.75) is 0 Å². The van der Waals surface area contributed by atoms with Crippen molar-refractivity contribution >= 4 is 34.8 Å². The van der Waals surface area contributed by atoms with E-state index in [1.807, 2.05) is 0 Å². The summed E-state index contributed by atoms with van der Waals surface area (Å²) in [5, 5.41) is 20.5. The molecule has 15 heteroatoms. The molecule has 30 heavy (non-hydrogen) atoms. The van der Waals surface area contributed by atoms with Crippen LogP contribution in [0.2, 0.25) is 0 Å². The summed E-state index contributed by atoms with van der Waals surface area (Å²) in [6, 6.07) is 0. The average molecular weight is 402 g/mol. The topological polar surface area (TPSA) is 203 Å². The molecule has 3 amide bonds. The number of carbonyl (C=O) groups excluding carboxylic acids is 3. The minimum atomic E-state index is -0.391. The fourth-order valence-corrected chi connectivity index (χ4v) is 2.12. The van der Waals surface area contributed by atoms with Gasteiger partial charge in [0.15, 0.2) is 17.1 Å². The van der Waals surface area contributed by atoms with Crippen molar-refractivity contribution in [3.63, 3.8) is 0 Å². The van der Waals surface area contributed by atoms with Gasteiger partial charge in [-0.1, -0.05) is 0 Å². The van der Waals surface area contributed by atoms with Crippen LogP contribution in [0.1, 0.15) is 31.5 Å². The molecular formula is C15H6N12O3. The van der Waals surface area contributed by atoms with E-state index < -0.39 is 17.7 Å². The second-order valence-corrected chi connectivity index (χ2v) is 5.29. The molecule has 0 saturated carbocycles. The van der Waals surface area contributed by atoms with Crippen molar-refractivity contribution in [3.8, 4) is 0 Å². The molecule has 0 aromatic carbocycles. The summed E-state index contributed by atoms with van der Waals surface area (Å²) in [6.07, 6.45) is 8.26. The average Bonchev–Trinajstić information content (AvgIpc) is 3.48. The highest BCUT2D eigenvalue weighted by molar-refractivity contribution is 6.00. The van der Waals surface area contributed by atoms with Gasteiger partial charge in [-0.05, 0) is 0 Å². The van der Waals surface area contributed by atoms with Gasteiger partial charge in [-0.15, -0.1) is 30.7 Å². The Morgan fingerprint density at radius 2 is 0.733 bits per heavy atom. The van der Waals surface area contributed by atoms with Crippen molar-refractivity contribution in [1.82, 2.24) is 29.9 Å². The molecule has 0 bridgehead atoms. The third-order valence-electron chi connectivity index (χ3n) is 3.43. The van der Waals surface area contributed by atoms with Crippen LogP contribution in [0, 0.1) is 0 Å². The lowest BCUT2D eigenvalue weighted by Crippen LogP contribution is -1.92. The van der Waals surface area contributed by atoms with Gasteiger partial charge in [0.2, 0.25) is 0 Å². The van der Waals surface area contributed by atoms with E-state index in [-0.39, 0.29) is 17.1 Å². The van der Waals surface area contributed by atoms with Crippen LogP contribution in [0.5, 0.6) is 0 Å². The van der Waals surface area contributed by atoms with E-state index in [0.717, 1.165) is 0 Å². The number of carbonyl (C=O) groups is 3. The van der Waals surface area contributed by atoms with Crippen LogP contribution in [-0.4, -0.2) is 47.6 Å². The van der Waals surface area contributed by atoms with E-state index in [2.05, 4.69) is 60.6 Å². The van der Waals surface area contributed by atoms with Gasteiger partial charge >= 0.3 is 17.7 Å². The fraction of sp³-hybridized carbons (Fsp3) is 0. The van der Waals surface area contributed by atoms with Crippen molar-refractivity contribution < 1.29 is 14.4 Å². The minimum Gasteiger partial charge on any atom is -0.263 e. The first kappa shape index (κ1) is 18.4. The number of fused-ring (bicyclic) bond motifs is 3. The molecular weight excluding hydrogens is 396 g/mol. The predicted octanol–water partition coefficient (Wildman–Crippen LogP) is 2.14. The predicted molar refractivity (Wildman–Crippen MR) is 92.6 cm³/mol. The molecule has 6 heterocycles. The van der Waals surface area contributed by atoms with Crippen LogP contribution in [0.3, 0.4) is 0 Å². The molecule has 0 fully saturated rings. The summed E-state index contributed by atoms with van der Waals surface area (Å²) in [7, 11) is 0. The van der Waals surface area contributed by atoms with Gasteiger partial charge in [0.25, 0.3) is 0 Å². The molecule has 0 unspecified atom stereocenters. The Morgan fingerprint density at radius 1 is 0.433 bits per heavy atom.